The summed E-state index contributed by atoms with van der Waals surface area (Å²) in [5.74, 6) is -0.284. The molecule has 0 aliphatic heterocycles. The molecule has 4 nitrogen and oxygen atoms in total. The standard InChI is InChI=1S/C18H19F2O4P/c1-3-23-25(22,24-4-2)18(19,20)16-12-10-15(11-13-16)17(21)14-8-6-5-7-9-14/h5-13H,3-4H2,1-2H3. The van der Waals surface area contributed by atoms with Gasteiger partial charge in [0.05, 0.1) is 13.2 Å². The predicted octanol–water partition coefficient (Wildman–Crippen LogP) is 5.23. The van der Waals surface area contributed by atoms with Crippen molar-refractivity contribution < 1.29 is 27.2 Å². The smallest absolute Gasteiger partial charge is 0.304 e. The number of carbonyl (C=O) groups excluding carboxylic acids is 1. The second-order valence-electron chi connectivity index (χ2n) is 5.15. The van der Waals surface area contributed by atoms with Crippen molar-refractivity contribution in [2.24, 2.45) is 0 Å². The van der Waals surface area contributed by atoms with E-state index < -0.39 is 18.8 Å². The zero-order chi connectivity index (χ0) is 18.5. The van der Waals surface area contributed by atoms with E-state index in [1.807, 2.05) is 0 Å². The van der Waals surface area contributed by atoms with Crippen LogP contribution in [0.2, 0.25) is 0 Å². The third-order valence-corrected chi connectivity index (χ3v) is 5.61. The van der Waals surface area contributed by atoms with Crippen LogP contribution >= 0.6 is 7.60 Å². The van der Waals surface area contributed by atoms with Crippen LogP contribution in [0.25, 0.3) is 0 Å². The van der Waals surface area contributed by atoms with Crippen LogP contribution in [-0.2, 0) is 19.3 Å². The second kappa shape index (κ2) is 8.00. The van der Waals surface area contributed by atoms with E-state index in [4.69, 9.17) is 9.05 Å². The number of hydrogen-bond acceptors (Lipinski definition) is 4. The van der Waals surface area contributed by atoms with E-state index in [-0.39, 0.29) is 24.6 Å². The van der Waals surface area contributed by atoms with Gasteiger partial charge in [0, 0.05) is 16.7 Å². The summed E-state index contributed by atoms with van der Waals surface area (Å²) >= 11 is 0. The Morgan fingerprint density at radius 3 is 1.88 bits per heavy atom. The molecule has 0 bridgehead atoms. The fourth-order valence-corrected chi connectivity index (χ4v) is 3.82. The SMILES string of the molecule is CCOP(=O)(OCC)C(F)(F)c1ccc(C(=O)c2ccccc2)cc1. The number of alkyl halides is 2. The highest BCUT2D eigenvalue weighted by atomic mass is 31.2. The summed E-state index contributed by atoms with van der Waals surface area (Å²) in [6, 6.07) is 13.2. The Labute approximate surface area is 145 Å². The van der Waals surface area contributed by atoms with Crippen LogP contribution in [0.1, 0.15) is 35.3 Å². The topological polar surface area (TPSA) is 52.6 Å². The Kier molecular flexibility index (Phi) is 6.22. The van der Waals surface area contributed by atoms with Crippen LogP contribution in [0.3, 0.4) is 0 Å². The summed E-state index contributed by atoms with van der Waals surface area (Å²) in [7, 11) is -4.66. The molecule has 0 amide bonds. The maximum Gasteiger partial charge on any atom is 0.404 e. The van der Waals surface area contributed by atoms with Crippen LogP contribution < -0.4 is 0 Å². The molecule has 0 aromatic heterocycles. The summed E-state index contributed by atoms with van der Waals surface area (Å²) in [6.07, 6.45) is 0. The maximum absolute atomic E-state index is 14.6. The quantitative estimate of drug-likeness (QED) is 0.473. The van der Waals surface area contributed by atoms with Crippen molar-refractivity contribution in [3.63, 3.8) is 0 Å². The molecule has 2 aromatic rings. The van der Waals surface area contributed by atoms with Crippen molar-refractivity contribution in [1.29, 1.82) is 0 Å². The number of halogens is 2. The third-order valence-electron chi connectivity index (χ3n) is 3.47. The average molecular weight is 368 g/mol. The second-order valence-corrected chi connectivity index (χ2v) is 7.22. The van der Waals surface area contributed by atoms with E-state index in [1.165, 1.54) is 26.0 Å². The summed E-state index contributed by atoms with van der Waals surface area (Å²) in [5, 5.41) is 0. The van der Waals surface area contributed by atoms with Gasteiger partial charge in [-0.15, -0.1) is 0 Å². The van der Waals surface area contributed by atoms with E-state index in [0.29, 0.717) is 5.56 Å². The molecule has 0 saturated carbocycles. The highest BCUT2D eigenvalue weighted by Crippen LogP contribution is 2.66. The molecule has 134 valence electrons. The zero-order valence-corrected chi connectivity index (χ0v) is 14.8. The van der Waals surface area contributed by atoms with Gasteiger partial charge < -0.3 is 9.05 Å². The van der Waals surface area contributed by atoms with Crippen molar-refractivity contribution in [2.75, 3.05) is 13.2 Å². The molecule has 0 N–H and O–H groups in total. The van der Waals surface area contributed by atoms with Crippen LogP contribution in [0.5, 0.6) is 0 Å². The Morgan fingerprint density at radius 2 is 1.40 bits per heavy atom. The predicted molar refractivity (Wildman–Crippen MR) is 91.1 cm³/mol. The van der Waals surface area contributed by atoms with Crippen LogP contribution in [0, 0.1) is 0 Å². The lowest BCUT2D eigenvalue weighted by molar-refractivity contribution is 0.0360. The van der Waals surface area contributed by atoms with Crippen molar-refractivity contribution in [3.05, 3.63) is 71.3 Å². The highest BCUT2D eigenvalue weighted by molar-refractivity contribution is 7.54. The van der Waals surface area contributed by atoms with Crippen LogP contribution in [-0.4, -0.2) is 19.0 Å². The minimum absolute atomic E-state index is 0.169. The average Bonchev–Trinajstić information content (AvgIpc) is 2.62. The summed E-state index contributed by atoms with van der Waals surface area (Å²) in [6.45, 7) is 2.58. The van der Waals surface area contributed by atoms with E-state index in [9.17, 15) is 18.1 Å². The summed E-state index contributed by atoms with van der Waals surface area (Å²) in [4.78, 5) is 12.3. The lowest BCUT2D eigenvalue weighted by atomic mass is 10.0. The van der Waals surface area contributed by atoms with Gasteiger partial charge in [-0.05, 0) is 13.8 Å². The molecule has 0 radical (unpaired) electrons. The summed E-state index contributed by atoms with van der Waals surface area (Å²) < 4.78 is 51.2. The first kappa shape index (κ1) is 19.4. The number of carbonyl (C=O) groups is 1. The molecule has 0 aliphatic carbocycles. The Morgan fingerprint density at radius 1 is 0.920 bits per heavy atom. The van der Waals surface area contributed by atoms with Crippen LogP contribution in [0.15, 0.2) is 54.6 Å². The minimum atomic E-state index is -4.66. The zero-order valence-electron chi connectivity index (χ0n) is 13.9. The van der Waals surface area contributed by atoms with Gasteiger partial charge >= 0.3 is 13.3 Å². The monoisotopic (exact) mass is 368 g/mol. The van der Waals surface area contributed by atoms with E-state index in [1.54, 1.807) is 30.3 Å². The van der Waals surface area contributed by atoms with Gasteiger partial charge in [-0.3, -0.25) is 9.36 Å². The molecule has 0 saturated heterocycles. The first-order chi connectivity index (χ1) is 11.9. The Balaban J connectivity index is 2.32. The van der Waals surface area contributed by atoms with E-state index in [2.05, 4.69) is 0 Å². The van der Waals surface area contributed by atoms with Gasteiger partial charge in [-0.1, -0.05) is 54.6 Å². The molecule has 0 spiro atoms. The Bertz CT molecular complexity index is 750. The fraction of sp³-hybridized carbons (Fsp3) is 0.278. The van der Waals surface area contributed by atoms with Crippen molar-refractivity contribution in [2.45, 2.75) is 19.5 Å². The molecule has 0 unspecified atom stereocenters. The molecule has 0 fully saturated rings. The van der Waals surface area contributed by atoms with Crippen molar-refractivity contribution in [3.8, 4) is 0 Å². The number of benzene rings is 2. The molecular formula is C18H19F2O4P. The van der Waals surface area contributed by atoms with E-state index in [0.717, 1.165) is 12.1 Å². The van der Waals surface area contributed by atoms with Crippen LogP contribution in [0.4, 0.5) is 8.78 Å². The fourth-order valence-electron chi connectivity index (χ4n) is 2.28. The maximum atomic E-state index is 14.6. The van der Waals surface area contributed by atoms with E-state index >= 15 is 0 Å². The molecule has 25 heavy (non-hydrogen) atoms. The van der Waals surface area contributed by atoms with Gasteiger partial charge in [-0.2, -0.15) is 8.78 Å². The minimum Gasteiger partial charge on any atom is -0.304 e. The summed E-state index contributed by atoms with van der Waals surface area (Å²) in [5.41, 5.74) is -3.63. The van der Waals surface area contributed by atoms with Gasteiger partial charge in [0.25, 0.3) is 0 Å². The first-order valence-corrected chi connectivity index (χ1v) is 9.37. The largest absolute Gasteiger partial charge is 0.404 e. The lowest BCUT2D eigenvalue weighted by Gasteiger charge is -2.26. The van der Waals surface area contributed by atoms with Crippen molar-refractivity contribution in [1.82, 2.24) is 0 Å². The number of hydrogen-bond donors (Lipinski definition) is 0. The van der Waals surface area contributed by atoms with Gasteiger partial charge in [0.1, 0.15) is 0 Å². The van der Waals surface area contributed by atoms with Gasteiger partial charge in [-0.25, -0.2) is 0 Å². The third kappa shape index (κ3) is 4.03. The van der Waals surface area contributed by atoms with Crippen molar-refractivity contribution >= 4 is 13.4 Å². The molecule has 0 atom stereocenters. The van der Waals surface area contributed by atoms with Gasteiger partial charge in [0.2, 0.25) is 0 Å². The normalized spacial score (nSPS) is 12.2. The molecule has 2 rings (SSSR count). The first-order valence-electron chi connectivity index (χ1n) is 7.83. The molecular weight excluding hydrogens is 349 g/mol. The molecule has 2 aromatic carbocycles. The molecule has 7 heteroatoms. The van der Waals surface area contributed by atoms with Gasteiger partial charge in [0.15, 0.2) is 5.78 Å². The number of ketones is 1. The molecule has 0 aliphatic rings. The molecule has 0 heterocycles. The number of rotatable bonds is 8. The Hall–Kier alpha value is -1.88. The highest BCUT2D eigenvalue weighted by Gasteiger charge is 2.54. The lowest BCUT2D eigenvalue weighted by Crippen LogP contribution is -2.18.